The van der Waals surface area contributed by atoms with Crippen molar-refractivity contribution >= 4 is 39.4 Å². The van der Waals surface area contributed by atoms with E-state index < -0.39 is 0 Å². The molecular formula is C10H11ClN2S2. The van der Waals surface area contributed by atoms with Gasteiger partial charge in [0.2, 0.25) is 0 Å². The topological polar surface area (TPSA) is 24.9 Å². The van der Waals surface area contributed by atoms with Crippen molar-refractivity contribution in [1.82, 2.24) is 4.98 Å². The van der Waals surface area contributed by atoms with Gasteiger partial charge in [0.25, 0.3) is 0 Å². The maximum atomic E-state index is 5.73. The minimum atomic E-state index is 0.557. The number of hydrogen-bond acceptors (Lipinski definition) is 4. The largest absolute Gasteiger partial charge is 0.357 e. The number of thiophene rings is 1. The van der Waals surface area contributed by atoms with Crippen LogP contribution >= 0.6 is 34.3 Å². The van der Waals surface area contributed by atoms with E-state index in [1.807, 2.05) is 16.7 Å². The Balaban J connectivity index is 1.99. The molecular weight excluding hydrogens is 248 g/mol. The number of halogens is 1. The SMILES string of the molecule is Cc1cc(CNc2nc(Cl)cs2)sc1C. The lowest BCUT2D eigenvalue weighted by Gasteiger charge is -1.98. The van der Waals surface area contributed by atoms with E-state index in [1.54, 1.807) is 0 Å². The van der Waals surface area contributed by atoms with Crippen molar-refractivity contribution in [2.45, 2.75) is 20.4 Å². The molecule has 0 bridgehead atoms. The van der Waals surface area contributed by atoms with Gasteiger partial charge in [0, 0.05) is 15.1 Å². The molecule has 0 atom stereocenters. The molecule has 0 spiro atoms. The highest BCUT2D eigenvalue weighted by atomic mass is 35.5. The smallest absolute Gasteiger partial charge is 0.184 e. The van der Waals surface area contributed by atoms with Gasteiger partial charge in [-0.1, -0.05) is 11.6 Å². The quantitative estimate of drug-likeness (QED) is 0.897. The second-order valence-corrected chi connectivity index (χ2v) is 5.87. The zero-order valence-corrected chi connectivity index (χ0v) is 10.9. The van der Waals surface area contributed by atoms with Gasteiger partial charge in [0.1, 0.15) is 5.15 Å². The summed E-state index contributed by atoms with van der Waals surface area (Å²) in [6, 6.07) is 2.21. The lowest BCUT2D eigenvalue weighted by Crippen LogP contribution is -1.96. The summed E-state index contributed by atoms with van der Waals surface area (Å²) >= 11 is 9.09. The fourth-order valence-electron chi connectivity index (χ4n) is 1.23. The minimum absolute atomic E-state index is 0.557. The maximum Gasteiger partial charge on any atom is 0.184 e. The van der Waals surface area contributed by atoms with Crippen molar-refractivity contribution in [3.05, 3.63) is 31.9 Å². The van der Waals surface area contributed by atoms with E-state index in [9.17, 15) is 0 Å². The van der Waals surface area contributed by atoms with Crippen LogP contribution in [-0.4, -0.2) is 4.98 Å². The molecule has 2 heterocycles. The average molecular weight is 259 g/mol. The van der Waals surface area contributed by atoms with E-state index in [2.05, 4.69) is 30.2 Å². The Bertz CT molecular complexity index is 442. The summed E-state index contributed by atoms with van der Waals surface area (Å²) in [5.74, 6) is 0. The Labute approximate surface area is 102 Å². The molecule has 15 heavy (non-hydrogen) atoms. The molecule has 1 N–H and O–H groups in total. The first-order valence-corrected chi connectivity index (χ1v) is 6.63. The third-order valence-electron chi connectivity index (χ3n) is 2.11. The Morgan fingerprint density at radius 2 is 2.27 bits per heavy atom. The highest BCUT2D eigenvalue weighted by molar-refractivity contribution is 7.14. The monoisotopic (exact) mass is 258 g/mol. The van der Waals surface area contributed by atoms with Gasteiger partial charge in [-0.3, -0.25) is 0 Å². The second kappa shape index (κ2) is 4.51. The average Bonchev–Trinajstić information content (AvgIpc) is 2.72. The number of rotatable bonds is 3. The van der Waals surface area contributed by atoms with Gasteiger partial charge < -0.3 is 5.32 Å². The van der Waals surface area contributed by atoms with Crippen LogP contribution in [0.15, 0.2) is 11.4 Å². The molecule has 0 aliphatic rings. The summed E-state index contributed by atoms with van der Waals surface area (Å²) < 4.78 is 0. The van der Waals surface area contributed by atoms with Crippen molar-refractivity contribution in [3.8, 4) is 0 Å². The first-order chi connectivity index (χ1) is 7.15. The van der Waals surface area contributed by atoms with Crippen LogP contribution in [0.3, 0.4) is 0 Å². The van der Waals surface area contributed by atoms with Crippen molar-refractivity contribution < 1.29 is 0 Å². The maximum absolute atomic E-state index is 5.73. The van der Waals surface area contributed by atoms with Gasteiger partial charge in [-0.15, -0.1) is 22.7 Å². The van der Waals surface area contributed by atoms with E-state index in [1.165, 1.54) is 26.7 Å². The molecule has 0 aliphatic carbocycles. The Hall–Kier alpha value is -0.580. The molecule has 0 radical (unpaired) electrons. The third kappa shape index (κ3) is 2.71. The van der Waals surface area contributed by atoms with Crippen LogP contribution in [-0.2, 0) is 6.54 Å². The van der Waals surface area contributed by atoms with E-state index in [4.69, 9.17) is 11.6 Å². The minimum Gasteiger partial charge on any atom is -0.357 e. The van der Waals surface area contributed by atoms with E-state index >= 15 is 0 Å². The summed E-state index contributed by atoms with van der Waals surface area (Å²) in [7, 11) is 0. The Morgan fingerprint density at radius 1 is 1.47 bits per heavy atom. The standard InChI is InChI=1S/C10H11ClN2S2/c1-6-3-8(15-7(6)2)4-12-10-13-9(11)5-14-10/h3,5H,4H2,1-2H3,(H,12,13). The van der Waals surface area contributed by atoms with Gasteiger partial charge in [0.05, 0.1) is 6.54 Å². The molecule has 0 amide bonds. The van der Waals surface area contributed by atoms with Crippen molar-refractivity contribution in [3.63, 3.8) is 0 Å². The van der Waals surface area contributed by atoms with Gasteiger partial charge >= 0.3 is 0 Å². The van der Waals surface area contributed by atoms with Gasteiger partial charge in [-0.25, -0.2) is 4.98 Å². The first-order valence-electron chi connectivity index (χ1n) is 4.56. The number of aromatic nitrogens is 1. The highest BCUT2D eigenvalue weighted by Gasteiger charge is 2.03. The predicted octanol–water partition coefficient (Wildman–Crippen LogP) is 4.09. The van der Waals surface area contributed by atoms with Crippen LogP contribution in [0.25, 0.3) is 0 Å². The number of nitrogens with zero attached hydrogens (tertiary/aromatic N) is 1. The molecule has 2 rings (SSSR count). The van der Waals surface area contributed by atoms with Crippen molar-refractivity contribution in [2.24, 2.45) is 0 Å². The Morgan fingerprint density at radius 3 is 2.80 bits per heavy atom. The highest BCUT2D eigenvalue weighted by Crippen LogP contribution is 2.23. The van der Waals surface area contributed by atoms with Crippen molar-refractivity contribution in [2.75, 3.05) is 5.32 Å². The lowest BCUT2D eigenvalue weighted by molar-refractivity contribution is 1.17. The molecule has 0 aromatic carbocycles. The second-order valence-electron chi connectivity index (χ2n) is 3.28. The fourth-order valence-corrected chi connectivity index (χ4v) is 3.06. The number of thiazole rings is 1. The molecule has 0 aliphatic heterocycles. The zero-order chi connectivity index (χ0) is 10.8. The first kappa shape index (κ1) is 10.9. The van der Waals surface area contributed by atoms with Crippen LogP contribution in [0.1, 0.15) is 15.3 Å². The van der Waals surface area contributed by atoms with Crippen molar-refractivity contribution in [1.29, 1.82) is 0 Å². The third-order valence-corrected chi connectivity index (χ3v) is 4.38. The van der Waals surface area contributed by atoms with Gasteiger partial charge in [0.15, 0.2) is 5.13 Å². The van der Waals surface area contributed by atoms with Crippen LogP contribution in [0, 0.1) is 13.8 Å². The Kier molecular flexibility index (Phi) is 3.29. The summed E-state index contributed by atoms with van der Waals surface area (Å²) in [6.45, 7) is 5.10. The number of anilines is 1. The van der Waals surface area contributed by atoms with E-state index in [0.717, 1.165) is 11.7 Å². The molecule has 5 heteroatoms. The summed E-state index contributed by atoms with van der Waals surface area (Å²) in [6.07, 6.45) is 0. The van der Waals surface area contributed by atoms with Crippen LogP contribution in [0.2, 0.25) is 5.15 Å². The van der Waals surface area contributed by atoms with Crippen LogP contribution in [0.4, 0.5) is 5.13 Å². The number of nitrogens with one attached hydrogen (secondary N) is 1. The molecule has 2 aromatic heterocycles. The molecule has 2 nitrogen and oxygen atoms in total. The molecule has 0 saturated carbocycles. The zero-order valence-electron chi connectivity index (χ0n) is 8.50. The fraction of sp³-hybridized carbons (Fsp3) is 0.300. The van der Waals surface area contributed by atoms with E-state index in [0.29, 0.717) is 5.15 Å². The molecule has 0 saturated heterocycles. The molecule has 2 aromatic rings. The summed E-state index contributed by atoms with van der Waals surface area (Å²) in [5, 5.41) is 6.52. The van der Waals surface area contributed by atoms with Gasteiger partial charge in [-0.2, -0.15) is 0 Å². The number of hydrogen-bond donors (Lipinski definition) is 1. The normalized spacial score (nSPS) is 10.6. The van der Waals surface area contributed by atoms with Gasteiger partial charge in [-0.05, 0) is 25.5 Å². The molecule has 0 unspecified atom stereocenters. The van der Waals surface area contributed by atoms with E-state index in [-0.39, 0.29) is 0 Å². The van der Waals surface area contributed by atoms with Crippen LogP contribution < -0.4 is 5.32 Å². The summed E-state index contributed by atoms with van der Waals surface area (Å²) in [4.78, 5) is 6.84. The number of aryl methyl sites for hydroxylation is 2. The molecule has 80 valence electrons. The summed E-state index contributed by atoms with van der Waals surface area (Å²) in [5.41, 5.74) is 1.36. The predicted molar refractivity (Wildman–Crippen MR) is 68.2 cm³/mol. The van der Waals surface area contributed by atoms with Crippen LogP contribution in [0.5, 0.6) is 0 Å². The molecule has 0 fully saturated rings. The lowest BCUT2D eigenvalue weighted by atomic mass is 10.3.